The zero-order valence-corrected chi connectivity index (χ0v) is 20.3. The quantitative estimate of drug-likeness (QED) is 0.705. The molecule has 1 fully saturated rings. The second kappa shape index (κ2) is 11.5. The molecule has 0 bridgehead atoms. The maximum atomic E-state index is 12.9. The number of carbonyl (C=O) groups is 2. The molecule has 0 aromatic heterocycles. The van der Waals surface area contributed by atoms with Crippen molar-refractivity contribution in [2.24, 2.45) is 0 Å². The monoisotopic (exact) mass is 474 g/mol. The molecule has 2 unspecified atom stereocenters. The Labute approximate surface area is 206 Å². The minimum absolute atomic E-state index is 0.0676. The maximum absolute atomic E-state index is 12.9. The lowest BCUT2D eigenvalue weighted by molar-refractivity contribution is -0.133. The Morgan fingerprint density at radius 3 is 2.31 bits per heavy atom. The van der Waals surface area contributed by atoms with Crippen molar-refractivity contribution < 1.29 is 19.1 Å². The maximum Gasteiger partial charge on any atom is 0.410 e. The third kappa shape index (κ3) is 7.56. The Balaban J connectivity index is 1.60. The molecule has 1 aliphatic rings. The number of nitrogens with one attached hydrogen (secondary N) is 1. The lowest BCUT2D eigenvalue weighted by Crippen LogP contribution is -2.48. The molecule has 8 nitrogen and oxygen atoms in total. The van der Waals surface area contributed by atoms with Gasteiger partial charge in [-0.2, -0.15) is 10.5 Å². The zero-order valence-electron chi connectivity index (χ0n) is 20.3. The van der Waals surface area contributed by atoms with Gasteiger partial charge in [0.1, 0.15) is 11.6 Å². The van der Waals surface area contributed by atoms with Crippen LogP contribution in [0.5, 0.6) is 0 Å². The number of carbonyl (C=O) groups excluding carboxylic acids is 2. The van der Waals surface area contributed by atoms with Gasteiger partial charge < -0.3 is 19.7 Å². The van der Waals surface area contributed by atoms with Crippen LogP contribution in [0.3, 0.4) is 0 Å². The Morgan fingerprint density at radius 1 is 1.11 bits per heavy atom. The Hall–Kier alpha value is -3.88. The highest BCUT2D eigenvalue weighted by Gasteiger charge is 2.31. The van der Waals surface area contributed by atoms with Crippen molar-refractivity contribution in [2.75, 3.05) is 19.7 Å². The summed E-state index contributed by atoms with van der Waals surface area (Å²) < 4.78 is 11.1. The van der Waals surface area contributed by atoms with Gasteiger partial charge in [0.15, 0.2) is 6.10 Å². The van der Waals surface area contributed by atoms with Gasteiger partial charge in [0, 0.05) is 19.6 Å². The fraction of sp³-hybridized carbons (Fsp3) is 0.407. The molecular formula is C27H30N4O4. The predicted molar refractivity (Wildman–Crippen MR) is 130 cm³/mol. The molecule has 182 valence electrons. The second-order valence-electron chi connectivity index (χ2n) is 9.42. The molecule has 2 aromatic carbocycles. The van der Waals surface area contributed by atoms with E-state index < -0.39 is 29.7 Å². The molecule has 0 saturated carbocycles. The molecule has 1 N–H and O–H groups in total. The van der Waals surface area contributed by atoms with Crippen molar-refractivity contribution in [1.82, 2.24) is 10.2 Å². The summed E-state index contributed by atoms with van der Waals surface area (Å²) in [7, 11) is 0. The molecule has 8 heteroatoms. The van der Waals surface area contributed by atoms with Gasteiger partial charge in [0.05, 0.1) is 24.2 Å². The largest absolute Gasteiger partial charge is 0.444 e. The molecule has 3 rings (SSSR count). The van der Waals surface area contributed by atoms with Crippen molar-refractivity contribution in [3.63, 3.8) is 0 Å². The molecular weight excluding hydrogens is 444 g/mol. The van der Waals surface area contributed by atoms with Crippen molar-refractivity contribution in [1.29, 1.82) is 10.5 Å². The van der Waals surface area contributed by atoms with E-state index in [1.165, 1.54) is 4.90 Å². The number of ether oxygens (including phenoxy) is 2. The van der Waals surface area contributed by atoms with Crippen LogP contribution < -0.4 is 5.32 Å². The van der Waals surface area contributed by atoms with E-state index in [4.69, 9.17) is 14.7 Å². The summed E-state index contributed by atoms with van der Waals surface area (Å²) in [6.45, 7) is 6.21. The summed E-state index contributed by atoms with van der Waals surface area (Å²) in [4.78, 5) is 26.8. The topological polar surface area (TPSA) is 115 Å². The predicted octanol–water partition coefficient (Wildman–Crippen LogP) is 3.80. The highest BCUT2D eigenvalue weighted by Crippen LogP contribution is 2.21. The molecule has 2 atom stereocenters. The van der Waals surface area contributed by atoms with Gasteiger partial charge in [-0.25, -0.2) is 4.79 Å². The van der Waals surface area contributed by atoms with Crippen LogP contribution in [0.15, 0.2) is 48.5 Å². The van der Waals surface area contributed by atoms with Crippen LogP contribution in [0.1, 0.15) is 38.3 Å². The standard InChI is InChI=1S/C27H30N4O4/c1-27(2,3)35-26(33)31-13-4-14-34-24(18-31)25(32)30-23(17-29)15-19-5-9-21(10-6-19)22-11-7-20(16-28)8-12-22/h5-12,23-24H,4,13-15,18H2,1-3H3,(H,30,32). The molecule has 2 amide bonds. The van der Waals surface area contributed by atoms with E-state index in [0.717, 1.165) is 16.7 Å². The van der Waals surface area contributed by atoms with E-state index in [1.54, 1.807) is 32.9 Å². The van der Waals surface area contributed by atoms with E-state index in [9.17, 15) is 14.9 Å². The van der Waals surface area contributed by atoms with Crippen LogP contribution in [-0.2, 0) is 20.7 Å². The van der Waals surface area contributed by atoms with E-state index in [1.807, 2.05) is 36.4 Å². The van der Waals surface area contributed by atoms with Gasteiger partial charge in [0.2, 0.25) is 0 Å². The van der Waals surface area contributed by atoms with Gasteiger partial charge in [-0.3, -0.25) is 4.79 Å². The summed E-state index contributed by atoms with van der Waals surface area (Å²) in [5.74, 6) is -0.429. The Bertz CT molecular complexity index is 1110. The van der Waals surface area contributed by atoms with Crippen LogP contribution >= 0.6 is 0 Å². The van der Waals surface area contributed by atoms with Crippen LogP contribution in [0.4, 0.5) is 4.79 Å². The number of benzene rings is 2. The van der Waals surface area contributed by atoms with E-state index in [2.05, 4.69) is 17.5 Å². The molecule has 1 heterocycles. The number of nitrogens with zero attached hydrogens (tertiary/aromatic N) is 3. The summed E-state index contributed by atoms with van der Waals surface area (Å²) in [6.07, 6.45) is -0.436. The molecule has 0 radical (unpaired) electrons. The number of hydrogen-bond donors (Lipinski definition) is 1. The minimum Gasteiger partial charge on any atom is -0.444 e. The first kappa shape index (κ1) is 25.7. The first-order valence-electron chi connectivity index (χ1n) is 11.6. The highest BCUT2D eigenvalue weighted by atomic mass is 16.6. The SMILES string of the molecule is CC(C)(C)OC(=O)N1CCCOC(C(=O)NC(C#N)Cc2ccc(-c3ccc(C#N)cc3)cc2)C1. The molecule has 35 heavy (non-hydrogen) atoms. The van der Waals surface area contributed by atoms with Crippen LogP contribution in [-0.4, -0.2) is 54.3 Å². The van der Waals surface area contributed by atoms with E-state index >= 15 is 0 Å². The summed E-state index contributed by atoms with van der Waals surface area (Å²) >= 11 is 0. The van der Waals surface area contributed by atoms with E-state index in [-0.39, 0.29) is 6.54 Å². The number of hydrogen-bond acceptors (Lipinski definition) is 6. The van der Waals surface area contributed by atoms with Crippen LogP contribution in [0, 0.1) is 22.7 Å². The summed E-state index contributed by atoms with van der Waals surface area (Å²) in [5, 5.41) is 21.3. The summed E-state index contributed by atoms with van der Waals surface area (Å²) in [5.41, 5.74) is 2.84. The molecule has 2 aromatic rings. The normalized spacial score (nSPS) is 16.8. The highest BCUT2D eigenvalue weighted by molar-refractivity contribution is 5.82. The third-order valence-electron chi connectivity index (χ3n) is 5.44. The molecule has 1 aliphatic heterocycles. The molecule has 0 aliphatic carbocycles. The van der Waals surface area contributed by atoms with Crippen molar-refractivity contribution in [2.45, 2.75) is 51.4 Å². The van der Waals surface area contributed by atoms with Crippen molar-refractivity contribution in [3.05, 3.63) is 59.7 Å². The van der Waals surface area contributed by atoms with E-state index in [0.29, 0.717) is 31.6 Å². The number of rotatable bonds is 5. The lowest BCUT2D eigenvalue weighted by Gasteiger charge is -2.27. The van der Waals surface area contributed by atoms with Crippen molar-refractivity contribution >= 4 is 12.0 Å². The zero-order chi connectivity index (χ0) is 25.4. The van der Waals surface area contributed by atoms with Crippen LogP contribution in [0.25, 0.3) is 11.1 Å². The Morgan fingerprint density at radius 2 is 1.74 bits per heavy atom. The van der Waals surface area contributed by atoms with Gasteiger partial charge in [0.25, 0.3) is 5.91 Å². The molecule has 0 spiro atoms. The smallest absolute Gasteiger partial charge is 0.410 e. The average Bonchev–Trinajstić information content (AvgIpc) is 3.10. The first-order chi connectivity index (χ1) is 16.7. The average molecular weight is 475 g/mol. The van der Waals surface area contributed by atoms with Gasteiger partial charge >= 0.3 is 6.09 Å². The fourth-order valence-corrected chi connectivity index (χ4v) is 3.68. The Kier molecular flexibility index (Phi) is 8.46. The first-order valence-corrected chi connectivity index (χ1v) is 11.6. The van der Waals surface area contributed by atoms with Crippen LogP contribution in [0.2, 0.25) is 0 Å². The van der Waals surface area contributed by atoms with Crippen molar-refractivity contribution in [3.8, 4) is 23.3 Å². The number of amides is 2. The lowest BCUT2D eigenvalue weighted by atomic mass is 10.00. The minimum atomic E-state index is -0.875. The van der Waals surface area contributed by atoms with Gasteiger partial charge in [-0.15, -0.1) is 0 Å². The van der Waals surface area contributed by atoms with Gasteiger partial charge in [-0.05, 0) is 56.0 Å². The van der Waals surface area contributed by atoms with Gasteiger partial charge in [-0.1, -0.05) is 36.4 Å². The second-order valence-corrected chi connectivity index (χ2v) is 9.42. The number of nitriles is 2. The summed E-state index contributed by atoms with van der Waals surface area (Å²) in [6, 6.07) is 18.5. The third-order valence-corrected chi connectivity index (χ3v) is 5.44. The molecule has 1 saturated heterocycles. The fourth-order valence-electron chi connectivity index (χ4n) is 3.68.